The van der Waals surface area contributed by atoms with Crippen LogP contribution in [-0.4, -0.2) is 30.4 Å². The number of fused-ring (bicyclic) bond motifs is 7. The highest BCUT2D eigenvalue weighted by Gasteiger charge is 2.72. The lowest BCUT2D eigenvalue weighted by Crippen LogP contribution is -2.67. The van der Waals surface area contributed by atoms with Gasteiger partial charge >= 0.3 is 5.97 Å². The Labute approximate surface area is 221 Å². The molecule has 0 bridgehead atoms. The van der Waals surface area contributed by atoms with E-state index < -0.39 is 27.1 Å². The molecular weight excluding hydrogens is 464 g/mol. The van der Waals surface area contributed by atoms with Gasteiger partial charge in [-0.2, -0.15) is 0 Å². The van der Waals surface area contributed by atoms with Gasteiger partial charge in [-0.25, -0.2) is 0 Å². The summed E-state index contributed by atoms with van der Waals surface area (Å²) in [6.45, 7) is 18.7. The monoisotopic (exact) mass is 508 g/mol. The average Bonchev–Trinajstić information content (AvgIpc) is 2.82. The Morgan fingerprint density at radius 3 is 2.16 bits per heavy atom. The molecule has 5 heteroatoms. The van der Waals surface area contributed by atoms with Crippen LogP contribution in [0.2, 0.25) is 0 Å². The zero-order valence-corrected chi connectivity index (χ0v) is 24.0. The molecule has 0 N–H and O–H groups in total. The normalized spacial score (nSPS) is 46.2. The van der Waals surface area contributed by atoms with Crippen molar-refractivity contribution in [3.05, 3.63) is 23.8 Å². The van der Waals surface area contributed by atoms with E-state index in [-0.39, 0.29) is 52.1 Å². The Morgan fingerprint density at radius 2 is 1.54 bits per heavy atom. The lowest BCUT2D eigenvalue weighted by Gasteiger charge is -2.68. The van der Waals surface area contributed by atoms with Crippen LogP contribution in [0.25, 0.3) is 0 Å². The molecule has 7 atom stereocenters. The van der Waals surface area contributed by atoms with Gasteiger partial charge in [-0.3, -0.25) is 19.2 Å². The molecule has 0 aliphatic heterocycles. The summed E-state index contributed by atoms with van der Waals surface area (Å²) < 4.78 is 5.39. The molecule has 5 rings (SSSR count). The minimum atomic E-state index is -0.937. The smallest absolute Gasteiger partial charge is 0.312 e. The summed E-state index contributed by atoms with van der Waals surface area (Å²) in [6.07, 6.45) is 7.28. The highest BCUT2D eigenvalue weighted by molar-refractivity contribution is 6.26. The predicted molar refractivity (Wildman–Crippen MR) is 141 cm³/mol. The van der Waals surface area contributed by atoms with Crippen LogP contribution in [0, 0.1) is 50.2 Å². The van der Waals surface area contributed by atoms with E-state index in [1.165, 1.54) is 7.11 Å². The fourth-order valence-corrected chi connectivity index (χ4v) is 10.2. The van der Waals surface area contributed by atoms with E-state index in [0.717, 1.165) is 44.1 Å². The summed E-state index contributed by atoms with van der Waals surface area (Å²) >= 11 is 0. The number of Topliss-reactive ketones (excluding diaryl/α,β-unsaturated/α-hetero) is 2. The SMILES string of the molecule is C=C1C(=O)C(C)(C)[C@@H]2CC[C@]3(C)C(=CC(=O)[C@@H]4[C@@H]5CC(C)(C)CC[C@]5(C(=O)OC)CC[C@]43C)[C@@]2(C)C1=O. The Balaban J connectivity index is 1.70. The molecule has 0 radical (unpaired) electrons. The van der Waals surface area contributed by atoms with Gasteiger partial charge in [0.25, 0.3) is 0 Å². The number of hydrogen-bond acceptors (Lipinski definition) is 5. The third-order valence-electron chi connectivity index (χ3n) is 12.6. The van der Waals surface area contributed by atoms with E-state index in [9.17, 15) is 19.2 Å². The predicted octanol–water partition coefficient (Wildman–Crippen LogP) is 6.05. The quantitative estimate of drug-likeness (QED) is 0.245. The van der Waals surface area contributed by atoms with Crippen LogP contribution < -0.4 is 0 Å². The molecule has 5 nitrogen and oxygen atoms in total. The fraction of sp³-hybridized carbons (Fsp3) is 0.750. The lowest BCUT2D eigenvalue weighted by molar-refractivity contribution is -0.192. The minimum absolute atomic E-state index is 0.0384. The van der Waals surface area contributed by atoms with Crippen molar-refractivity contribution < 1.29 is 23.9 Å². The molecule has 0 unspecified atom stereocenters. The molecule has 0 aromatic rings. The molecule has 0 heterocycles. The van der Waals surface area contributed by atoms with Gasteiger partial charge in [0.15, 0.2) is 17.3 Å². The maximum absolute atomic E-state index is 14.4. The summed E-state index contributed by atoms with van der Waals surface area (Å²) in [5.74, 6) is -1.08. The van der Waals surface area contributed by atoms with Crippen molar-refractivity contribution >= 4 is 23.3 Å². The first-order valence-corrected chi connectivity index (χ1v) is 14.1. The lowest BCUT2D eigenvalue weighted by atomic mass is 9.33. The zero-order valence-electron chi connectivity index (χ0n) is 24.0. The first-order valence-electron chi connectivity index (χ1n) is 14.1. The van der Waals surface area contributed by atoms with Gasteiger partial charge in [-0.15, -0.1) is 0 Å². The standard InChI is InChI=1S/C32H44O5/c1-18-24(34)28(4,5)21-10-11-29(6)22(31(21,8)25(18)35)16-20(33)23-19-17-27(2,3)12-14-32(19,26(36)37-9)15-13-30(23,29)7/h16,19,21,23H,1,10-15,17H2,2-9H3/t19-,21-,23-,29+,30+,31-,32-/m0/s1. The first-order chi connectivity index (χ1) is 16.9. The molecule has 0 amide bonds. The van der Waals surface area contributed by atoms with Gasteiger partial charge in [0.1, 0.15) is 0 Å². The van der Waals surface area contributed by atoms with E-state index in [1.54, 1.807) is 6.08 Å². The van der Waals surface area contributed by atoms with Crippen LogP contribution in [0.15, 0.2) is 23.8 Å². The van der Waals surface area contributed by atoms with Crippen molar-refractivity contribution in [1.29, 1.82) is 0 Å². The number of methoxy groups -OCH3 is 1. The highest BCUT2D eigenvalue weighted by Crippen LogP contribution is 2.74. The summed E-state index contributed by atoms with van der Waals surface area (Å²) in [7, 11) is 1.47. The van der Waals surface area contributed by atoms with Crippen LogP contribution in [-0.2, 0) is 23.9 Å². The topological polar surface area (TPSA) is 77.5 Å². The summed E-state index contributed by atoms with van der Waals surface area (Å²) in [5.41, 5.74) is -2.08. The number of allylic oxidation sites excluding steroid dienone is 3. The zero-order chi connectivity index (χ0) is 27.6. The molecule has 37 heavy (non-hydrogen) atoms. The third-order valence-corrected chi connectivity index (χ3v) is 12.6. The minimum Gasteiger partial charge on any atom is -0.469 e. The van der Waals surface area contributed by atoms with Crippen molar-refractivity contribution in [2.24, 2.45) is 50.2 Å². The first kappa shape index (κ1) is 26.6. The third kappa shape index (κ3) is 2.98. The van der Waals surface area contributed by atoms with Crippen molar-refractivity contribution in [2.45, 2.75) is 93.4 Å². The number of carbonyl (C=O) groups excluding carboxylic acids is 4. The molecule has 0 saturated heterocycles. The van der Waals surface area contributed by atoms with Crippen LogP contribution in [0.4, 0.5) is 0 Å². The number of carbonyl (C=O) groups is 4. The van der Waals surface area contributed by atoms with E-state index in [1.807, 2.05) is 20.8 Å². The molecule has 4 fully saturated rings. The van der Waals surface area contributed by atoms with Gasteiger partial charge in [0.05, 0.1) is 23.5 Å². The van der Waals surface area contributed by atoms with E-state index >= 15 is 0 Å². The number of esters is 1. The van der Waals surface area contributed by atoms with Gasteiger partial charge in [-0.05, 0) is 91.6 Å². The average molecular weight is 509 g/mol. The van der Waals surface area contributed by atoms with Gasteiger partial charge in [0.2, 0.25) is 0 Å². The van der Waals surface area contributed by atoms with E-state index in [4.69, 9.17) is 4.74 Å². The molecule has 0 aromatic carbocycles. The number of rotatable bonds is 1. The van der Waals surface area contributed by atoms with Crippen molar-refractivity contribution in [3.8, 4) is 0 Å². The van der Waals surface area contributed by atoms with Gasteiger partial charge in [0, 0.05) is 11.3 Å². The molecular formula is C32H44O5. The summed E-state index contributed by atoms with van der Waals surface area (Å²) in [4.78, 5) is 54.8. The molecule has 5 aliphatic carbocycles. The number of ketones is 3. The van der Waals surface area contributed by atoms with Crippen molar-refractivity contribution in [1.82, 2.24) is 0 Å². The molecule has 202 valence electrons. The van der Waals surface area contributed by atoms with Crippen molar-refractivity contribution in [2.75, 3.05) is 7.11 Å². The molecule has 0 spiro atoms. The van der Waals surface area contributed by atoms with Gasteiger partial charge < -0.3 is 4.74 Å². The molecule has 0 aromatic heterocycles. The summed E-state index contributed by atoms with van der Waals surface area (Å²) in [6, 6.07) is 0. The Kier molecular flexibility index (Phi) is 5.41. The molecule has 4 saturated carbocycles. The fourth-order valence-electron chi connectivity index (χ4n) is 10.2. The second-order valence-corrected chi connectivity index (χ2v) is 15.0. The second kappa shape index (κ2) is 7.54. The van der Waals surface area contributed by atoms with Gasteiger partial charge in [-0.1, -0.05) is 48.1 Å². The van der Waals surface area contributed by atoms with Crippen molar-refractivity contribution in [3.63, 3.8) is 0 Å². The summed E-state index contributed by atoms with van der Waals surface area (Å²) in [5, 5.41) is 0. The maximum Gasteiger partial charge on any atom is 0.312 e. The van der Waals surface area contributed by atoms with Crippen LogP contribution in [0.3, 0.4) is 0 Å². The molecule has 5 aliphatic rings. The Morgan fingerprint density at radius 1 is 0.919 bits per heavy atom. The Bertz CT molecular complexity index is 1170. The highest BCUT2D eigenvalue weighted by atomic mass is 16.5. The number of hydrogen-bond donors (Lipinski definition) is 0. The largest absolute Gasteiger partial charge is 0.469 e. The van der Waals surface area contributed by atoms with Crippen LogP contribution in [0.5, 0.6) is 0 Å². The van der Waals surface area contributed by atoms with E-state index in [0.29, 0.717) is 6.42 Å². The maximum atomic E-state index is 14.4. The van der Waals surface area contributed by atoms with Crippen LogP contribution in [0.1, 0.15) is 93.4 Å². The van der Waals surface area contributed by atoms with E-state index in [2.05, 4.69) is 34.3 Å². The number of ether oxygens (including phenoxy) is 1. The van der Waals surface area contributed by atoms with Crippen LogP contribution >= 0.6 is 0 Å². The Hall–Kier alpha value is -2.04. The second-order valence-electron chi connectivity index (χ2n) is 15.0.